The van der Waals surface area contributed by atoms with Crippen molar-refractivity contribution >= 4 is 34.1 Å². The van der Waals surface area contributed by atoms with E-state index in [1.54, 1.807) is 18.7 Å². The van der Waals surface area contributed by atoms with Crippen LogP contribution in [0.1, 0.15) is 31.4 Å². The van der Waals surface area contributed by atoms with Crippen LogP contribution in [0.4, 0.5) is 5.13 Å². The zero-order valence-corrected chi connectivity index (χ0v) is 14.8. The summed E-state index contributed by atoms with van der Waals surface area (Å²) in [5.41, 5.74) is 2.73. The van der Waals surface area contributed by atoms with Gasteiger partial charge in [-0.25, -0.2) is 0 Å². The van der Waals surface area contributed by atoms with Crippen molar-refractivity contribution in [3.63, 3.8) is 0 Å². The summed E-state index contributed by atoms with van der Waals surface area (Å²) in [7, 11) is 0. The topological polar surface area (TPSA) is 64.1 Å². The van der Waals surface area contributed by atoms with Gasteiger partial charge in [-0.2, -0.15) is 0 Å². The number of thioether (sulfide) groups is 1. The van der Waals surface area contributed by atoms with Crippen LogP contribution in [-0.2, 0) is 17.6 Å². The van der Waals surface area contributed by atoms with Gasteiger partial charge in [0.1, 0.15) is 5.75 Å². The highest BCUT2D eigenvalue weighted by atomic mass is 32.2. The highest BCUT2D eigenvalue weighted by molar-refractivity contribution is 8.01. The Bertz CT molecular complexity index is 702. The third-order valence-electron chi connectivity index (χ3n) is 3.66. The first-order valence-electron chi connectivity index (χ1n) is 7.71. The maximum atomic E-state index is 12.2. The summed E-state index contributed by atoms with van der Waals surface area (Å²) in [5, 5.41) is 11.3. The minimum atomic E-state index is -0.583. The van der Waals surface area contributed by atoms with Gasteiger partial charge >= 0.3 is 0 Å². The molecular weight excluding hydrogens is 330 g/mol. The molecule has 0 unspecified atom stereocenters. The zero-order valence-electron chi connectivity index (χ0n) is 13.2. The number of aromatic nitrogens is 2. The van der Waals surface area contributed by atoms with Crippen LogP contribution in [0.3, 0.4) is 0 Å². The second-order valence-electron chi connectivity index (χ2n) is 5.34. The molecule has 1 aromatic heterocycles. The summed E-state index contributed by atoms with van der Waals surface area (Å²) in [6.07, 6.45) is 2.85. The fraction of sp³-hybridized carbons (Fsp3) is 0.438. The maximum absolute atomic E-state index is 12.2. The number of aryl methyl sites for hydroxylation is 2. The fourth-order valence-electron chi connectivity index (χ4n) is 2.53. The molecule has 1 heterocycles. The molecule has 1 N–H and O–H groups in total. The molecule has 7 heteroatoms. The van der Waals surface area contributed by atoms with Gasteiger partial charge < -0.3 is 4.74 Å². The lowest BCUT2D eigenvalue weighted by Gasteiger charge is -2.14. The average molecular weight is 349 g/mol. The van der Waals surface area contributed by atoms with E-state index in [1.165, 1.54) is 28.9 Å². The third-order valence-corrected chi connectivity index (χ3v) is 5.51. The van der Waals surface area contributed by atoms with Gasteiger partial charge in [0, 0.05) is 0 Å². The number of anilines is 1. The molecule has 3 rings (SSSR count). The summed E-state index contributed by atoms with van der Waals surface area (Å²) in [6.45, 7) is 3.79. The van der Waals surface area contributed by atoms with E-state index in [0.717, 1.165) is 28.7 Å². The summed E-state index contributed by atoms with van der Waals surface area (Å²) >= 11 is 2.99. The molecule has 0 fully saturated rings. The van der Waals surface area contributed by atoms with Crippen LogP contribution >= 0.6 is 23.1 Å². The van der Waals surface area contributed by atoms with Crippen LogP contribution in [-0.4, -0.2) is 28.0 Å². The van der Waals surface area contributed by atoms with Crippen LogP contribution in [0, 0.1) is 0 Å². The Kier molecular flexibility index (Phi) is 5.17. The number of benzene rings is 1. The summed E-state index contributed by atoms with van der Waals surface area (Å²) in [6, 6.07) is 6.09. The van der Waals surface area contributed by atoms with Gasteiger partial charge in [0.05, 0.1) is 0 Å². The van der Waals surface area contributed by atoms with Gasteiger partial charge in [0.15, 0.2) is 10.4 Å². The molecule has 0 spiro atoms. The quantitative estimate of drug-likeness (QED) is 0.638. The lowest BCUT2D eigenvalue weighted by atomic mass is 10.1. The molecule has 2 aromatic rings. The third kappa shape index (κ3) is 4.03. The van der Waals surface area contributed by atoms with Crippen LogP contribution in [0.5, 0.6) is 5.75 Å². The maximum Gasteiger partial charge on any atom is 0.266 e. The minimum absolute atomic E-state index is 0.213. The predicted molar refractivity (Wildman–Crippen MR) is 93.5 cm³/mol. The molecule has 0 bridgehead atoms. The van der Waals surface area contributed by atoms with E-state index in [2.05, 4.69) is 28.5 Å². The number of rotatable bonds is 6. The molecule has 5 nitrogen and oxygen atoms in total. The number of ether oxygens (including phenoxy) is 1. The largest absolute Gasteiger partial charge is 0.481 e. The molecule has 23 heavy (non-hydrogen) atoms. The Morgan fingerprint density at radius 2 is 2.22 bits per heavy atom. The highest BCUT2D eigenvalue weighted by Crippen LogP contribution is 2.27. The molecular formula is C16H19N3O2S2. The molecule has 0 saturated carbocycles. The first-order chi connectivity index (χ1) is 11.2. The van der Waals surface area contributed by atoms with Crippen molar-refractivity contribution < 1.29 is 9.53 Å². The molecule has 0 aliphatic heterocycles. The summed E-state index contributed by atoms with van der Waals surface area (Å²) in [4.78, 5) is 12.2. The van der Waals surface area contributed by atoms with Crippen molar-refractivity contribution in [2.24, 2.45) is 0 Å². The van der Waals surface area contributed by atoms with Crippen LogP contribution in [0.15, 0.2) is 22.5 Å². The fourth-order valence-corrected chi connectivity index (χ4v) is 4.18. The Balaban J connectivity index is 1.58. The van der Waals surface area contributed by atoms with E-state index in [0.29, 0.717) is 5.13 Å². The first kappa shape index (κ1) is 16.3. The van der Waals surface area contributed by atoms with Crippen LogP contribution in [0.25, 0.3) is 0 Å². The van der Waals surface area contributed by atoms with E-state index in [1.807, 2.05) is 12.1 Å². The Morgan fingerprint density at radius 1 is 1.39 bits per heavy atom. The highest BCUT2D eigenvalue weighted by Gasteiger charge is 2.18. The van der Waals surface area contributed by atoms with E-state index in [-0.39, 0.29) is 5.91 Å². The lowest BCUT2D eigenvalue weighted by Crippen LogP contribution is -2.30. The lowest BCUT2D eigenvalue weighted by molar-refractivity contribution is -0.122. The zero-order chi connectivity index (χ0) is 16.2. The normalized spacial score (nSPS) is 14.3. The molecule has 1 atom stereocenters. The monoisotopic (exact) mass is 349 g/mol. The van der Waals surface area contributed by atoms with Gasteiger partial charge in [-0.3, -0.25) is 10.1 Å². The van der Waals surface area contributed by atoms with Crippen LogP contribution < -0.4 is 10.1 Å². The number of nitrogens with zero attached hydrogens (tertiary/aromatic N) is 2. The van der Waals surface area contributed by atoms with E-state index < -0.39 is 6.10 Å². The molecule has 1 aliphatic carbocycles. The van der Waals surface area contributed by atoms with Gasteiger partial charge in [-0.05, 0) is 55.2 Å². The molecule has 0 radical (unpaired) electrons. The van der Waals surface area contributed by atoms with E-state index in [4.69, 9.17) is 4.74 Å². The molecule has 0 saturated heterocycles. The van der Waals surface area contributed by atoms with Crippen molar-refractivity contribution in [2.75, 3.05) is 11.1 Å². The Morgan fingerprint density at radius 3 is 3.04 bits per heavy atom. The number of amides is 1. The van der Waals surface area contributed by atoms with Gasteiger partial charge in [0.25, 0.3) is 5.91 Å². The number of nitrogens with one attached hydrogen (secondary N) is 1. The van der Waals surface area contributed by atoms with Gasteiger partial charge in [0.2, 0.25) is 5.13 Å². The first-order valence-corrected chi connectivity index (χ1v) is 9.51. The van der Waals surface area contributed by atoms with E-state index >= 15 is 0 Å². The predicted octanol–water partition coefficient (Wildman–Crippen LogP) is 3.54. The standard InChI is InChI=1S/C16H19N3O2S2/c1-3-22-16-19-18-15(23-16)17-14(20)10(2)21-13-8-7-11-5-4-6-12(11)9-13/h7-10H,3-6H2,1-2H3,(H,17,18,20)/t10-/m0/s1. The molecule has 122 valence electrons. The Labute approximate surface area is 143 Å². The van der Waals surface area contributed by atoms with Crippen molar-refractivity contribution in [3.8, 4) is 5.75 Å². The molecule has 1 aliphatic rings. The van der Waals surface area contributed by atoms with Gasteiger partial charge in [-0.15, -0.1) is 10.2 Å². The van der Waals surface area contributed by atoms with Crippen molar-refractivity contribution in [1.82, 2.24) is 10.2 Å². The number of carbonyl (C=O) groups excluding carboxylic acids is 1. The molecule has 1 amide bonds. The van der Waals surface area contributed by atoms with Crippen molar-refractivity contribution in [1.29, 1.82) is 0 Å². The summed E-state index contributed by atoms with van der Waals surface area (Å²) in [5.74, 6) is 1.46. The van der Waals surface area contributed by atoms with Gasteiger partial charge in [-0.1, -0.05) is 36.1 Å². The van der Waals surface area contributed by atoms with Crippen molar-refractivity contribution in [2.45, 2.75) is 43.6 Å². The molecule has 1 aromatic carbocycles. The smallest absolute Gasteiger partial charge is 0.266 e. The SMILES string of the molecule is CCSc1nnc(NC(=O)[C@H](C)Oc2ccc3c(c2)CCC3)s1. The average Bonchev–Trinajstić information content (AvgIpc) is 3.16. The van der Waals surface area contributed by atoms with Crippen molar-refractivity contribution in [3.05, 3.63) is 29.3 Å². The minimum Gasteiger partial charge on any atom is -0.481 e. The number of carbonyl (C=O) groups is 1. The van der Waals surface area contributed by atoms with E-state index in [9.17, 15) is 4.79 Å². The second-order valence-corrected chi connectivity index (χ2v) is 7.83. The second kappa shape index (κ2) is 7.31. The number of hydrogen-bond donors (Lipinski definition) is 1. The number of fused-ring (bicyclic) bond motifs is 1. The summed E-state index contributed by atoms with van der Waals surface area (Å²) < 4.78 is 6.62. The van der Waals surface area contributed by atoms with Crippen LogP contribution in [0.2, 0.25) is 0 Å². The number of hydrogen-bond acceptors (Lipinski definition) is 6. The Hall–Kier alpha value is -1.60.